The highest BCUT2D eigenvalue weighted by Crippen LogP contribution is 2.40. The maximum absolute atomic E-state index is 12.8. The Morgan fingerprint density at radius 3 is 2.77 bits per heavy atom. The van der Waals surface area contributed by atoms with Crippen LogP contribution in [0.15, 0.2) is 47.3 Å². The minimum absolute atomic E-state index is 0.00267. The quantitative estimate of drug-likeness (QED) is 0.228. The molecule has 2 amide bonds. The molecule has 12 nitrogen and oxygen atoms in total. The Morgan fingerprint density at radius 2 is 2.16 bits per heavy atom. The first-order valence-electron chi connectivity index (χ1n) is 8.73. The SMILES string of the molecule is C=CC1=C(C(=O)O)N2C(=O)C(NC(=O)/C(=N/OCC(=O)O)c3cccc(N)n3)[C@H]2SC1. The molecule has 2 aliphatic rings. The highest BCUT2D eigenvalue weighted by atomic mass is 32.2. The average molecular weight is 447 g/mol. The van der Waals surface area contributed by atoms with Crippen LogP contribution in [0.1, 0.15) is 5.69 Å². The number of thioether (sulfide) groups is 1. The van der Waals surface area contributed by atoms with Crippen molar-refractivity contribution in [1.82, 2.24) is 15.2 Å². The lowest BCUT2D eigenvalue weighted by molar-refractivity contribution is -0.150. The number of rotatable bonds is 8. The topological polar surface area (TPSA) is 185 Å². The monoisotopic (exact) mass is 447 g/mol. The number of carboxylic acids is 2. The van der Waals surface area contributed by atoms with Gasteiger partial charge < -0.3 is 26.1 Å². The van der Waals surface area contributed by atoms with Crippen molar-refractivity contribution in [3.63, 3.8) is 0 Å². The van der Waals surface area contributed by atoms with Gasteiger partial charge in [0.05, 0.1) is 0 Å². The second-order valence-electron chi connectivity index (χ2n) is 6.30. The standard InChI is InChI=1S/C18H17N5O7S/c1-2-8-7-31-17-13(16(27)23(17)14(8)18(28)29)21-15(26)12(22-30-6-11(24)25)9-4-3-5-10(19)20-9/h2-5,13,17H,1,6-7H2,(H2,19,20)(H,21,26)(H,24,25)(H,28,29)/b22-12+/t13?,17-/m1/s1. The maximum Gasteiger partial charge on any atom is 0.352 e. The Morgan fingerprint density at radius 1 is 1.42 bits per heavy atom. The molecule has 162 valence electrons. The van der Waals surface area contributed by atoms with Gasteiger partial charge in [-0.2, -0.15) is 0 Å². The van der Waals surface area contributed by atoms with Crippen molar-refractivity contribution >= 4 is 47.0 Å². The summed E-state index contributed by atoms with van der Waals surface area (Å²) in [6.45, 7) is 2.77. The molecule has 5 N–H and O–H groups in total. The van der Waals surface area contributed by atoms with E-state index < -0.39 is 41.8 Å². The molecule has 0 radical (unpaired) electrons. The molecule has 1 aromatic rings. The van der Waals surface area contributed by atoms with Gasteiger partial charge in [0.25, 0.3) is 11.8 Å². The van der Waals surface area contributed by atoms with Gasteiger partial charge in [-0.3, -0.25) is 14.5 Å². The number of amides is 2. The summed E-state index contributed by atoms with van der Waals surface area (Å²) in [6, 6.07) is 3.36. The number of nitrogens with zero attached hydrogens (tertiary/aromatic N) is 3. The summed E-state index contributed by atoms with van der Waals surface area (Å²) < 4.78 is 0. The van der Waals surface area contributed by atoms with Crippen LogP contribution in [0.2, 0.25) is 0 Å². The minimum atomic E-state index is -1.31. The summed E-state index contributed by atoms with van der Waals surface area (Å²) >= 11 is 1.27. The van der Waals surface area contributed by atoms with Crippen molar-refractivity contribution in [3.05, 3.63) is 47.8 Å². The van der Waals surface area contributed by atoms with Crippen LogP contribution in [-0.4, -0.2) is 73.3 Å². The number of nitrogens with two attached hydrogens (primary N) is 1. The highest BCUT2D eigenvalue weighted by molar-refractivity contribution is 8.00. The third-order valence-corrected chi connectivity index (χ3v) is 5.61. The number of β-lactam (4-membered cyclic amide) rings is 1. The van der Waals surface area contributed by atoms with Crippen molar-refractivity contribution in [1.29, 1.82) is 0 Å². The molecule has 1 saturated heterocycles. The van der Waals surface area contributed by atoms with Crippen molar-refractivity contribution < 1.29 is 34.2 Å². The first-order chi connectivity index (χ1) is 14.7. The van der Waals surface area contributed by atoms with E-state index in [2.05, 4.69) is 26.9 Å². The first-order valence-corrected chi connectivity index (χ1v) is 9.78. The number of nitrogens with one attached hydrogen (secondary N) is 1. The average Bonchev–Trinajstić information content (AvgIpc) is 2.73. The van der Waals surface area contributed by atoms with Crippen LogP contribution in [0.5, 0.6) is 0 Å². The van der Waals surface area contributed by atoms with Gasteiger partial charge in [-0.15, -0.1) is 11.8 Å². The summed E-state index contributed by atoms with van der Waals surface area (Å²) in [5, 5.41) is 23.5. The molecule has 0 bridgehead atoms. The number of allylic oxidation sites excluding steroid dienone is 1. The third-order valence-electron chi connectivity index (χ3n) is 4.31. The largest absolute Gasteiger partial charge is 0.479 e. The number of hydrogen-bond acceptors (Lipinski definition) is 9. The number of pyridine rings is 1. The predicted octanol–water partition coefficient (Wildman–Crippen LogP) is -0.606. The molecule has 3 heterocycles. The van der Waals surface area contributed by atoms with E-state index in [1.54, 1.807) is 0 Å². The predicted molar refractivity (Wildman–Crippen MR) is 109 cm³/mol. The second-order valence-corrected chi connectivity index (χ2v) is 7.40. The molecule has 3 rings (SSSR count). The number of oxime groups is 1. The van der Waals surface area contributed by atoms with Crippen molar-refractivity contribution in [3.8, 4) is 0 Å². The molecular weight excluding hydrogens is 430 g/mol. The molecule has 13 heteroatoms. The second kappa shape index (κ2) is 8.87. The Bertz CT molecular complexity index is 1040. The van der Waals surface area contributed by atoms with Crippen LogP contribution in [-0.2, 0) is 24.0 Å². The molecule has 0 spiro atoms. The molecule has 0 aliphatic carbocycles. The molecule has 1 unspecified atom stereocenters. The van der Waals surface area contributed by atoms with Gasteiger partial charge >= 0.3 is 11.9 Å². The summed E-state index contributed by atoms with van der Waals surface area (Å²) in [4.78, 5) is 57.4. The van der Waals surface area contributed by atoms with Gasteiger partial charge in [-0.25, -0.2) is 14.6 Å². The van der Waals surface area contributed by atoms with Crippen LogP contribution in [0.3, 0.4) is 0 Å². The van der Waals surface area contributed by atoms with Gasteiger partial charge in [-0.1, -0.05) is 23.9 Å². The number of anilines is 1. The van der Waals surface area contributed by atoms with Gasteiger partial charge in [0.1, 0.15) is 28.6 Å². The number of fused-ring (bicyclic) bond motifs is 1. The Kier molecular flexibility index (Phi) is 6.25. The van der Waals surface area contributed by atoms with E-state index >= 15 is 0 Å². The number of aliphatic carboxylic acids is 2. The van der Waals surface area contributed by atoms with Crippen LogP contribution in [0.25, 0.3) is 0 Å². The van der Waals surface area contributed by atoms with E-state index in [9.17, 15) is 24.3 Å². The lowest BCUT2D eigenvalue weighted by Crippen LogP contribution is -2.71. The van der Waals surface area contributed by atoms with E-state index in [4.69, 9.17) is 10.8 Å². The van der Waals surface area contributed by atoms with Crippen LogP contribution >= 0.6 is 11.8 Å². The zero-order valence-corrected chi connectivity index (χ0v) is 16.7. The molecule has 2 aliphatic heterocycles. The fourth-order valence-electron chi connectivity index (χ4n) is 2.95. The number of carboxylic acid groups (broad SMARTS) is 2. The van der Waals surface area contributed by atoms with E-state index in [0.29, 0.717) is 11.3 Å². The molecular formula is C18H17N5O7S. The zero-order valence-electron chi connectivity index (χ0n) is 15.8. The van der Waals surface area contributed by atoms with Crippen molar-refractivity contribution in [2.75, 3.05) is 18.1 Å². The summed E-state index contributed by atoms with van der Waals surface area (Å²) in [5.41, 5.74) is 5.47. The lowest BCUT2D eigenvalue weighted by Gasteiger charge is -2.49. The zero-order chi connectivity index (χ0) is 22.7. The number of carbonyl (C=O) groups excluding carboxylic acids is 2. The van der Waals surface area contributed by atoms with Crippen molar-refractivity contribution in [2.24, 2.45) is 5.16 Å². The van der Waals surface area contributed by atoms with E-state index in [-0.39, 0.29) is 22.9 Å². The van der Waals surface area contributed by atoms with Gasteiger partial charge in [-0.05, 0) is 17.7 Å². The maximum atomic E-state index is 12.8. The molecule has 0 saturated carbocycles. The number of carbonyl (C=O) groups is 4. The van der Waals surface area contributed by atoms with Gasteiger partial charge in [0, 0.05) is 5.75 Å². The van der Waals surface area contributed by atoms with Crippen LogP contribution in [0.4, 0.5) is 5.82 Å². The Balaban J connectivity index is 1.82. The summed E-state index contributed by atoms with van der Waals surface area (Å²) in [5.74, 6) is -3.68. The number of nitrogen functional groups attached to an aromatic ring is 1. The molecule has 1 aromatic heterocycles. The smallest absolute Gasteiger partial charge is 0.352 e. The third kappa shape index (κ3) is 4.35. The van der Waals surface area contributed by atoms with E-state index in [0.717, 1.165) is 4.90 Å². The minimum Gasteiger partial charge on any atom is -0.479 e. The van der Waals surface area contributed by atoms with Crippen molar-refractivity contribution in [2.45, 2.75) is 11.4 Å². The Labute approximate surface area is 179 Å². The summed E-state index contributed by atoms with van der Waals surface area (Å²) in [7, 11) is 0. The molecule has 31 heavy (non-hydrogen) atoms. The molecule has 0 aromatic carbocycles. The van der Waals surface area contributed by atoms with E-state index in [1.807, 2.05) is 0 Å². The lowest BCUT2D eigenvalue weighted by atomic mass is 10.0. The Hall–Kier alpha value is -3.87. The normalized spacial score (nSPS) is 20.5. The van der Waals surface area contributed by atoms with Crippen LogP contribution < -0.4 is 11.1 Å². The fraction of sp³-hybridized carbons (Fsp3) is 0.222. The van der Waals surface area contributed by atoms with E-state index in [1.165, 1.54) is 36.0 Å². The van der Waals surface area contributed by atoms with Crippen LogP contribution in [0, 0.1) is 0 Å². The first kappa shape index (κ1) is 21.8. The number of hydrogen-bond donors (Lipinski definition) is 4. The molecule has 2 atom stereocenters. The fourth-order valence-corrected chi connectivity index (χ4v) is 4.29. The summed E-state index contributed by atoms with van der Waals surface area (Å²) in [6.07, 6.45) is 1.38. The van der Waals surface area contributed by atoms with Gasteiger partial charge in [0.2, 0.25) is 6.61 Å². The highest BCUT2D eigenvalue weighted by Gasteiger charge is 2.54. The van der Waals surface area contributed by atoms with Gasteiger partial charge in [0.15, 0.2) is 5.71 Å². The molecule has 1 fully saturated rings. The number of aromatic nitrogens is 1.